The fraction of sp³-hybridized carbons (Fsp3) is 0.938. The Balaban J connectivity index is 0.00000264. The van der Waals surface area contributed by atoms with E-state index in [1.54, 1.807) is 7.11 Å². The van der Waals surface area contributed by atoms with Crippen molar-refractivity contribution in [2.24, 2.45) is 4.99 Å². The zero-order chi connectivity index (χ0) is 15.8. The lowest BCUT2D eigenvalue weighted by atomic mass is 10.2. The van der Waals surface area contributed by atoms with Gasteiger partial charge in [0.1, 0.15) is 0 Å². The molecule has 2 fully saturated rings. The normalized spacial score (nSPS) is 26.2. The topological polar surface area (TPSA) is 40.1 Å². The van der Waals surface area contributed by atoms with E-state index in [-0.39, 0.29) is 24.0 Å². The van der Waals surface area contributed by atoms with Crippen molar-refractivity contribution in [3.8, 4) is 0 Å². The van der Waals surface area contributed by atoms with Gasteiger partial charge in [-0.3, -0.25) is 9.89 Å². The molecule has 1 N–H and O–H groups in total. The molecule has 7 heteroatoms. The summed E-state index contributed by atoms with van der Waals surface area (Å²) < 4.78 is 5.22. The number of methoxy groups -OCH3 is 1. The molecule has 2 aliphatic heterocycles. The van der Waals surface area contributed by atoms with E-state index in [1.807, 2.05) is 7.05 Å². The first-order valence-electron chi connectivity index (χ1n) is 8.58. The summed E-state index contributed by atoms with van der Waals surface area (Å²) in [5.74, 6) is 2.29. The van der Waals surface area contributed by atoms with Crippen molar-refractivity contribution in [2.75, 3.05) is 59.2 Å². The van der Waals surface area contributed by atoms with E-state index in [0.29, 0.717) is 6.04 Å². The van der Waals surface area contributed by atoms with Gasteiger partial charge in [-0.2, -0.15) is 11.8 Å². The number of likely N-dealkylation sites (tertiary alicyclic amines) is 1. The zero-order valence-electron chi connectivity index (χ0n) is 14.8. The molecule has 0 aromatic carbocycles. The van der Waals surface area contributed by atoms with Crippen molar-refractivity contribution >= 4 is 41.7 Å². The number of hydrogen-bond donors (Lipinski definition) is 1. The fourth-order valence-corrected chi connectivity index (χ4v) is 4.51. The van der Waals surface area contributed by atoms with Crippen molar-refractivity contribution in [3.05, 3.63) is 0 Å². The Morgan fingerprint density at radius 2 is 2.22 bits per heavy atom. The SMILES string of the molecule is CCC1CN(C(=NC)NCC2CCCN2CCOC)CCS1.I. The third-order valence-electron chi connectivity index (χ3n) is 4.68. The van der Waals surface area contributed by atoms with Crippen molar-refractivity contribution in [2.45, 2.75) is 37.5 Å². The van der Waals surface area contributed by atoms with E-state index >= 15 is 0 Å². The van der Waals surface area contributed by atoms with Gasteiger partial charge in [0.15, 0.2) is 5.96 Å². The molecule has 2 saturated heterocycles. The Kier molecular flexibility index (Phi) is 10.9. The van der Waals surface area contributed by atoms with E-state index < -0.39 is 0 Å². The molecule has 0 aromatic rings. The number of hydrogen-bond acceptors (Lipinski definition) is 4. The summed E-state index contributed by atoms with van der Waals surface area (Å²) in [6.45, 7) is 8.58. The average molecular weight is 456 g/mol. The smallest absolute Gasteiger partial charge is 0.193 e. The largest absolute Gasteiger partial charge is 0.383 e. The number of thioether (sulfide) groups is 1. The van der Waals surface area contributed by atoms with E-state index in [2.05, 4.69) is 38.8 Å². The van der Waals surface area contributed by atoms with E-state index in [4.69, 9.17) is 4.74 Å². The molecule has 5 nitrogen and oxygen atoms in total. The third kappa shape index (κ3) is 6.59. The summed E-state index contributed by atoms with van der Waals surface area (Å²) in [4.78, 5) is 9.48. The zero-order valence-corrected chi connectivity index (χ0v) is 17.9. The second kappa shape index (κ2) is 11.8. The van der Waals surface area contributed by atoms with Crippen LogP contribution in [0.25, 0.3) is 0 Å². The van der Waals surface area contributed by atoms with Crippen LogP contribution in [-0.4, -0.2) is 86.3 Å². The first kappa shape index (κ1) is 21.3. The van der Waals surface area contributed by atoms with E-state index in [1.165, 1.54) is 31.6 Å². The molecule has 0 aromatic heterocycles. The second-order valence-corrected chi connectivity index (χ2v) is 7.51. The predicted octanol–water partition coefficient (Wildman–Crippen LogP) is 2.12. The molecular formula is C16H33IN4OS. The summed E-state index contributed by atoms with van der Waals surface area (Å²) in [6, 6.07) is 0.619. The van der Waals surface area contributed by atoms with Crippen LogP contribution in [0.15, 0.2) is 4.99 Å². The van der Waals surface area contributed by atoms with Gasteiger partial charge in [0.05, 0.1) is 6.61 Å². The minimum atomic E-state index is 0. The summed E-state index contributed by atoms with van der Waals surface area (Å²) in [7, 11) is 3.69. The highest BCUT2D eigenvalue weighted by Gasteiger charge is 2.26. The van der Waals surface area contributed by atoms with Crippen LogP contribution in [0.4, 0.5) is 0 Å². The van der Waals surface area contributed by atoms with Crippen LogP contribution in [-0.2, 0) is 4.74 Å². The summed E-state index contributed by atoms with van der Waals surface area (Å²) >= 11 is 2.10. The molecule has 0 radical (unpaired) electrons. The number of nitrogens with one attached hydrogen (secondary N) is 1. The maximum absolute atomic E-state index is 5.22. The van der Waals surface area contributed by atoms with Gasteiger partial charge < -0.3 is 15.0 Å². The molecule has 136 valence electrons. The van der Waals surface area contributed by atoms with Gasteiger partial charge in [-0.1, -0.05) is 6.92 Å². The van der Waals surface area contributed by atoms with Crippen molar-refractivity contribution in [1.29, 1.82) is 0 Å². The second-order valence-electron chi connectivity index (χ2n) is 6.10. The van der Waals surface area contributed by atoms with Crippen LogP contribution in [0, 0.1) is 0 Å². The lowest BCUT2D eigenvalue weighted by Crippen LogP contribution is -2.50. The summed E-state index contributed by atoms with van der Waals surface area (Å²) in [6.07, 6.45) is 3.82. The molecule has 2 unspecified atom stereocenters. The number of ether oxygens (including phenoxy) is 1. The highest BCUT2D eigenvalue weighted by Crippen LogP contribution is 2.21. The van der Waals surface area contributed by atoms with Crippen molar-refractivity contribution < 1.29 is 4.74 Å². The molecule has 0 saturated carbocycles. The van der Waals surface area contributed by atoms with Crippen LogP contribution in [0.3, 0.4) is 0 Å². The quantitative estimate of drug-likeness (QED) is 0.377. The van der Waals surface area contributed by atoms with Crippen LogP contribution in [0.2, 0.25) is 0 Å². The third-order valence-corrected chi connectivity index (χ3v) is 6.06. The molecule has 2 aliphatic rings. The highest BCUT2D eigenvalue weighted by molar-refractivity contribution is 14.0. The Labute approximate surface area is 163 Å². The molecule has 0 bridgehead atoms. The van der Waals surface area contributed by atoms with Crippen molar-refractivity contribution in [3.63, 3.8) is 0 Å². The molecule has 0 aliphatic carbocycles. The van der Waals surface area contributed by atoms with E-state index in [9.17, 15) is 0 Å². The molecular weight excluding hydrogens is 423 g/mol. The summed E-state index contributed by atoms with van der Waals surface area (Å²) in [5.41, 5.74) is 0. The number of rotatable bonds is 6. The molecule has 2 heterocycles. The van der Waals surface area contributed by atoms with Crippen LogP contribution >= 0.6 is 35.7 Å². The monoisotopic (exact) mass is 456 g/mol. The molecule has 0 amide bonds. The number of aliphatic imine (C=N–C) groups is 1. The Hall–Kier alpha value is 0.270. The van der Waals surface area contributed by atoms with Gasteiger partial charge in [-0.15, -0.1) is 24.0 Å². The van der Waals surface area contributed by atoms with Gasteiger partial charge in [0, 0.05) is 57.4 Å². The van der Waals surface area contributed by atoms with Crippen molar-refractivity contribution in [1.82, 2.24) is 15.1 Å². The van der Waals surface area contributed by atoms with Gasteiger partial charge in [-0.05, 0) is 25.8 Å². The Morgan fingerprint density at radius 1 is 1.39 bits per heavy atom. The van der Waals surface area contributed by atoms with Gasteiger partial charge in [0.25, 0.3) is 0 Å². The highest BCUT2D eigenvalue weighted by atomic mass is 127. The maximum Gasteiger partial charge on any atom is 0.193 e. The first-order chi connectivity index (χ1) is 10.8. The van der Waals surface area contributed by atoms with E-state index in [0.717, 1.165) is 44.0 Å². The molecule has 23 heavy (non-hydrogen) atoms. The number of guanidine groups is 1. The van der Waals surface area contributed by atoms with Gasteiger partial charge in [0.2, 0.25) is 0 Å². The first-order valence-corrected chi connectivity index (χ1v) is 9.63. The van der Waals surface area contributed by atoms with Gasteiger partial charge in [-0.25, -0.2) is 0 Å². The minimum Gasteiger partial charge on any atom is -0.383 e. The maximum atomic E-state index is 5.22. The lowest BCUT2D eigenvalue weighted by Gasteiger charge is -2.35. The minimum absolute atomic E-state index is 0. The molecule has 2 atom stereocenters. The van der Waals surface area contributed by atoms with Gasteiger partial charge >= 0.3 is 0 Å². The van der Waals surface area contributed by atoms with Crippen LogP contribution in [0.5, 0.6) is 0 Å². The number of halogens is 1. The molecule has 2 rings (SSSR count). The van der Waals surface area contributed by atoms with Crippen LogP contribution < -0.4 is 5.32 Å². The number of nitrogens with zero attached hydrogens (tertiary/aromatic N) is 3. The Bertz CT molecular complexity index is 359. The predicted molar refractivity (Wildman–Crippen MR) is 111 cm³/mol. The molecule has 0 spiro atoms. The fourth-order valence-electron chi connectivity index (χ4n) is 3.33. The standard InChI is InChI=1S/C16H32N4OS.HI/c1-4-15-13-20(9-11-22-15)16(17-2)18-12-14-6-5-7-19(14)8-10-21-3;/h14-15H,4-13H2,1-3H3,(H,17,18);1H. The summed E-state index contributed by atoms with van der Waals surface area (Å²) in [5, 5.41) is 4.36. The lowest BCUT2D eigenvalue weighted by molar-refractivity contribution is 0.141. The van der Waals surface area contributed by atoms with Crippen LogP contribution in [0.1, 0.15) is 26.2 Å². The Morgan fingerprint density at radius 3 is 2.91 bits per heavy atom. The average Bonchev–Trinajstić information content (AvgIpc) is 3.01.